The minimum absolute atomic E-state index is 0.252. The van der Waals surface area contributed by atoms with Crippen LogP contribution in [0.4, 0.5) is 0 Å². The zero-order valence-electron chi connectivity index (χ0n) is 15.6. The first kappa shape index (κ1) is 19.3. The van der Waals surface area contributed by atoms with Crippen LogP contribution in [0.1, 0.15) is 30.5 Å². The molecule has 0 aromatic heterocycles. The van der Waals surface area contributed by atoms with Crippen molar-refractivity contribution in [2.45, 2.75) is 37.8 Å². The van der Waals surface area contributed by atoms with Crippen molar-refractivity contribution in [2.75, 3.05) is 5.75 Å². The van der Waals surface area contributed by atoms with Gasteiger partial charge in [-0.1, -0.05) is 92.2 Å². The van der Waals surface area contributed by atoms with Crippen molar-refractivity contribution in [2.24, 2.45) is 0 Å². The molecule has 3 rings (SSSR count). The number of aryl methyl sites for hydroxylation is 2. The van der Waals surface area contributed by atoms with E-state index in [1.54, 1.807) is 0 Å². The normalized spacial score (nSPS) is 11.3. The van der Waals surface area contributed by atoms with Gasteiger partial charge in [0.1, 0.15) is 11.5 Å². The summed E-state index contributed by atoms with van der Waals surface area (Å²) in [5, 5.41) is 0. The zero-order valence-corrected chi connectivity index (χ0v) is 16.4. The maximum atomic E-state index is 2.31. The van der Waals surface area contributed by atoms with Gasteiger partial charge < -0.3 is 0 Å². The van der Waals surface area contributed by atoms with Crippen molar-refractivity contribution in [3.63, 3.8) is 0 Å². The van der Waals surface area contributed by atoms with E-state index in [1.165, 1.54) is 27.3 Å². The summed E-state index contributed by atoms with van der Waals surface area (Å²) in [7, 11) is 0.252. The summed E-state index contributed by atoms with van der Waals surface area (Å²) in [5.41, 5.74) is 4.20. The molecule has 0 fully saturated rings. The van der Waals surface area contributed by atoms with Crippen molar-refractivity contribution in [1.82, 2.24) is 0 Å². The molecule has 0 aliphatic carbocycles. The molecule has 1 unspecified atom stereocenters. The fraction of sp³-hybridized carbons (Fsp3) is 0.250. The van der Waals surface area contributed by atoms with Crippen LogP contribution in [0.5, 0.6) is 0 Å². The van der Waals surface area contributed by atoms with E-state index in [2.05, 4.69) is 91.9 Å². The van der Waals surface area contributed by atoms with Crippen LogP contribution < -0.4 is 0 Å². The molecule has 0 radical (unpaired) electrons. The van der Waals surface area contributed by atoms with E-state index in [0.717, 1.165) is 12.2 Å². The van der Waals surface area contributed by atoms with Gasteiger partial charge in [0.25, 0.3) is 0 Å². The average molecular weight is 350 g/mol. The zero-order chi connectivity index (χ0) is 17.9. The van der Waals surface area contributed by atoms with Crippen LogP contribution >= 0.6 is 0 Å². The molecule has 0 aliphatic heterocycles. The molecule has 3 aromatic carbocycles. The van der Waals surface area contributed by atoms with Gasteiger partial charge in [0.05, 0.1) is 0 Å². The third kappa shape index (κ3) is 6.43. The molecule has 130 valence electrons. The van der Waals surface area contributed by atoms with Crippen LogP contribution in [-0.2, 0) is 23.1 Å². The molecule has 0 spiro atoms. The first-order valence-electron chi connectivity index (χ1n) is 9.13. The molecular weight excluding hydrogens is 320 g/mol. The number of hydrogen-bond donors (Lipinski definition) is 0. The number of rotatable bonds is 6. The molecule has 0 aliphatic rings. The molecule has 0 saturated carbocycles. The predicted octanol–water partition coefficient (Wildman–Crippen LogP) is 6.44. The molecule has 25 heavy (non-hydrogen) atoms. The Morgan fingerprint density at radius 2 is 1.16 bits per heavy atom. The lowest BCUT2D eigenvalue weighted by Gasteiger charge is -2.09. The second-order valence-corrected chi connectivity index (χ2v) is 8.03. The lowest BCUT2D eigenvalue weighted by Crippen LogP contribution is -2.13. The fourth-order valence-electron chi connectivity index (χ4n) is 2.67. The van der Waals surface area contributed by atoms with Gasteiger partial charge in [-0.25, -0.2) is 0 Å². The Hall–Kier alpha value is -1.99. The highest BCUT2D eigenvalue weighted by atomic mass is 32.2. The van der Waals surface area contributed by atoms with Gasteiger partial charge in [0.2, 0.25) is 0 Å². The summed E-state index contributed by atoms with van der Waals surface area (Å²) in [5.74, 6) is 2.35. The van der Waals surface area contributed by atoms with Crippen LogP contribution in [0.25, 0.3) is 0 Å². The summed E-state index contributed by atoms with van der Waals surface area (Å²) < 4.78 is 0. The molecule has 3 aromatic rings. The summed E-state index contributed by atoms with van der Waals surface area (Å²) in [6.45, 7) is 6.16. The summed E-state index contributed by atoms with van der Waals surface area (Å²) >= 11 is 0. The van der Waals surface area contributed by atoms with E-state index in [0.29, 0.717) is 0 Å². The third-order valence-corrected chi connectivity index (χ3v) is 6.34. The van der Waals surface area contributed by atoms with Gasteiger partial charge in [0.15, 0.2) is 4.90 Å². The summed E-state index contributed by atoms with van der Waals surface area (Å²) in [4.78, 5) is 1.48. The third-order valence-electron chi connectivity index (χ3n) is 4.02. The van der Waals surface area contributed by atoms with E-state index in [4.69, 9.17) is 0 Å². The minimum atomic E-state index is 0.252. The Morgan fingerprint density at radius 1 is 0.640 bits per heavy atom. The van der Waals surface area contributed by atoms with E-state index < -0.39 is 0 Å². The van der Waals surface area contributed by atoms with E-state index in [1.807, 2.05) is 13.8 Å². The Balaban J connectivity index is 0.00000109. The summed E-state index contributed by atoms with van der Waals surface area (Å²) in [6.07, 6.45) is 1.14. The van der Waals surface area contributed by atoms with Crippen molar-refractivity contribution >= 4 is 10.9 Å². The van der Waals surface area contributed by atoms with Gasteiger partial charge in [-0.15, -0.1) is 0 Å². The van der Waals surface area contributed by atoms with Gasteiger partial charge in [0, 0.05) is 22.9 Å². The predicted molar refractivity (Wildman–Crippen MR) is 113 cm³/mol. The van der Waals surface area contributed by atoms with Crippen molar-refractivity contribution < 1.29 is 0 Å². The largest absolute Gasteiger partial charge is 0.155 e. The molecule has 1 heteroatoms. The molecule has 0 nitrogen and oxygen atoms in total. The highest BCUT2D eigenvalue weighted by Gasteiger charge is 2.22. The van der Waals surface area contributed by atoms with E-state index in [-0.39, 0.29) is 10.9 Å². The minimum Gasteiger partial charge on any atom is -0.0683 e. The molecule has 1 atom stereocenters. The topological polar surface area (TPSA) is 0 Å². The Bertz CT molecular complexity index is 702. The molecule has 0 bridgehead atoms. The Labute approximate surface area is 156 Å². The number of benzene rings is 3. The van der Waals surface area contributed by atoms with Crippen LogP contribution in [0.2, 0.25) is 0 Å². The maximum absolute atomic E-state index is 2.31. The lowest BCUT2D eigenvalue weighted by molar-refractivity contribution is 1.13. The maximum Gasteiger partial charge on any atom is 0.155 e. The monoisotopic (exact) mass is 349 g/mol. The summed E-state index contributed by atoms with van der Waals surface area (Å²) in [6, 6.07) is 30.8. The van der Waals surface area contributed by atoms with Crippen molar-refractivity contribution in [3.8, 4) is 0 Å². The molecular formula is C24H29S+. The van der Waals surface area contributed by atoms with Crippen LogP contribution in [0.3, 0.4) is 0 Å². The first-order chi connectivity index (χ1) is 12.3. The average Bonchev–Trinajstić information content (AvgIpc) is 2.69. The lowest BCUT2D eigenvalue weighted by atomic mass is 10.2. The van der Waals surface area contributed by atoms with Gasteiger partial charge in [-0.3, -0.25) is 0 Å². The second-order valence-electron chi connectivity index (χ2n) is 5.88. The Kier molecular flexibility index (Phi) is 8.34. The quantitative estimate of drug-likeness (QED) is 0.449. The molecule has 0 saturated heterocycles. The SMILES string of the molecule is CC.Cc1ccc([S+](CCc2ccccc2)Cc2ccccc2)cc1. The highest BCUT2D eigenvalue weighted by molar-refractivity contribution is 7.96. The highest BCUT2D eigenvalue weighted by Crippen LogP contribution is 2.21. The fourth-order valence-corrected chi connectivity index (χ4v) is 4.81. The van der Waals surface area contributed by atoms with E-state index in [9.17, 15) is 0 Å². The van der Waals surface area contributed by atoms with Crippen molar-refractivity contribution in [1.29, 1.82) is 0 Å². The van der Waals surface area contributed by atoms with E-state index >= 15 is 0 Å². The van der Waals surface area contributed by atoms with Crippen molar-refractivity contribution in [3.05, 3.63) is 102 Å². The molecule has 0 amide bonds. The smallest absolute Gasteiger partial charge is 0.0683 e. The van der Waals surface area contributed by atoms with Gasteiger partial charge in [-0.2, -0.15) is 0 Å². The van der Waals surface area contributed by atoms with Gasteiger partial charge in [-0.05, 0) is 24.6 Å². The second kappa shape index (κ2) is 10.8. The van der Waals surface area contributed by atoms with Gasteiger partial charge >= 0.3 is 0 Å². The molecule has 0 heterocycles. The van der Waals surface area contributed by atoms with Crippen LogP contribution in [0, 0.1) is 6.92 Å². The standard InChI is InChI=1S/C22H23S.C2H6/c1-19-12-14-22(15-13-19)23(18-21-10-6-3-7-11-21)17-16-20-8-4-2-5-9-20;1-2/h2-15H,16-18H2,1H3;1-2H3/q+1;. The number of hydrogen-bond acceptors (Lipinski definition) is 0. The van der Waals surface area contributed by atoms with Crippen LogP contribution in [0.15, 0.2) is 89.8 Å². The molecule has 0 N–H and O–H groups in total. The Morgan fingerprint density at radius 3 is 1.72 bits per heavy atom. The van der Waals surface area contributed by atoms with Crippen LogP contribution in [-0.4, -0.2) is 5.75 Å². The first-order valence-corrected chi connectivity index (χ1v) is 10.7.